The molecule has 106 valence electrons. The predicted octanol–water partition coefficient (Wildman–Crippen LogP) is 0.576. The molecule has 1 aromatic rings. The highest BCUT2D eigenvalue weighted by Crippen LogP contribution is 2.31. The minimum absolute atomic E-state index is 0.00477. The number of sulfonamides is 1. The van der Waals surface area contributed by atoms with Gasteiger partial charge in [0.25, 0.3) is 5.69 Å². The Kier molecular flexibility index (Phi) is 4.81. The Hall–Kier alpha value is -1.71. The minimum Gasteiger partial charge on any atom is -0.489 e. The molecule has 0 amide bonds. The molecule has 0 spiro atoms. The lowest BCUT2D eigenvalue weighted by molar-refractivity contribution is -0.385. The molecule has 0 fully saturated rings. The van der Waals surface area contributed by atoms with Crippen LogP contribution in [-0.4, -0.2) is 33.7 Å². The van der Waals surface area contributed by atoms with E-state index in [1.54, 1.807) is 0 Å². The van der Waals surface area contributed by atoms with Crippen LogP contribution in [0, 0.1) is 17.0 Å². The molecule has 2 N–H and O–H groups in total. The Balaban J connectivity index is 3.32. The molecule has 0 aliphatic heterocycles. The smallest absolute Gasteiger partial charge is 0.271 e. The van der Waals surface area contributed by atoms with Crippen molar-refractivity contribution in [3.8, 4) is 5.75 Å². The van der Waals surface area contributed by atoms with Crippen LogP contribution in [0.3, 0.4) is 0 Å². The van der Waals surface area contributed by atoms with Gasteiger partial charge >= 0.3 is 0 Å². The van der Waals surface area contributed by atoms with Gasteiger partial charge in [-0.05, 0) is 12.5 Å². The summed E-state index contributed by atoms with van der Waals surface area (Å²) in [5.74, 6) is 0.00477. The molecule has 1 aromatic carbocycles. The van der Waals surface area contributed by atoms with Crippen molar-refractivity contribution in [2.24, 2.45) is 5.14 Å². The Morgan fingerprint density at radius 2 is 2.00 bits per heavy atom. The largest absolute Gasteiger partial charge is 0.489 e. The summed E-state index contributed by atoms with van der Waals surface area (Å²) in [6.45, 7) is 1.86. The summed E-state index contributed by atoms with van der Waals surface area (Å²) in [5.41, 5.74) is -0.0463. The highest BCUT2D eigenvalue weighted by Gasteiger charge is 2.22. The van der Waals surface area contributed by atoms with Gasteiger partial charge in [0.15, 0.2) is 0 Å². The lowest BCUT2D eigenvalue weighted by Crippen LogP contribution is -2.16. The summed E-state index contributed by atoms with van der Waals surface area (Å²) in [7, 11) is -2.65. The Bertz CT molecular complexity index is 584. The summed E-state index contributed by atoms with van der Waals surface area (Å²) in [6, 6.07) is 2.10. The first-order chi connectivity index (χ1) is 8.77. The number of aryl methyl sites for hydroxylation is 1. The third-order valence-corrected chi connectivity index (χ3v) is 3.19. The van der Waals surface area contributed by atoms with Crippen LogP contribution in [0.5, 0.6) is 5.75 Å². The minimum atomic E-state index is -4.12. The molecule has 0 bridgehead atoms. The van der Waals surface area contributed by atoms with Crippen LogP contribution in [0.2, 0.25) is 0 Å². The van der Waals surface area contributed by atoms with E-state index in [0.717, 1.165) is 6.07 Å². The number of hydrogen-bond acceptors (Lipinski definition) is 6. The van der Waals surface area contributed by atoms with E-state index in [1.165, 1.54) is 20.1 Å². The maximum atomic E-state index is 11.5. The summed E-state index contributed by atoms with van der Waals surface area (Å²) in [4.78, 5) is 9.61. The highest BCUT2D eigenvalue weighted by molar-refractivity contribution is 7.89. The average molecular weight is 290 g/mol. The first-order valence-corrected chi connectivity index (χ1v) is 6.75. The van der Waals surface area contributed by atoms with Gasteiger partial charge in [0.2, 0.25) is 10.0 Å². The monoisotopic (exact) mass is 290 g/mol. The van der Waals surface area contributed by atoms with E-state index >= 15 is 0 Å². The maximum Gasteiger partial charge on any atom is 0.271 e. The molecule has 0 saturated heterocycles. The number of primary sulfonamides is 1. The molecule has 0 aliphatic rings. The van der Waals surface area contributed by atoms with Gasteiger partial charge in [-0.3, -0.25) is 10.1 Å². The number of ether oxygens (including phenoxy) is 2. The van der Waals surface area contributed by atoms with Crippen LogP contribution in [0.4, 0.5) is 5.69 Å². The number of nitro benzene ring substituents is 1. The second-order valence-electron chi connectivity index (χ2n) is 3.73. The predicted molar refractivity (Wildman–Crippen MR) is 66.6 cm³/mol. The van der Waals surface area contributed by atoms with Crippen molar-refractivity contribution in [2.45, 2.75) is 11.8 Å². The first kappa shape index (κ1) is 15.3. The number of nitrogens with zero attached hydrogens (tertiary/aromatic N) is 1. The summed E-state index contributed by atoms with van der Waals surface area (Å²) in [6.07, 6.45) is 0. The summed E-state index contributed by atoms with van der Waals surface area (Å²) < 4.78 is 33.0. The van der Waals surface area contributed by atoms with Crippen LogP contribution in [0.25, 0.3) is 0 Å². The average Bonchev–Trinajstić information content (AvgIpc) is 2.29. The second-order valence-corrected chi connectivity index (χ2v) is 5.26. The third kappa shape index (κ3) is 3.88. The molecule has 0 heterocycles. The number of methoxy groups -OCH3 is 1. The van der Waals surface area contributed by atoms with Crippen LogP contribution >= 0.6 is 0 Å². The molecule has 0 radical (unpaired) electrons. The van der Waals surface area contributed by atoms with E-state index < -0.39 is 19.8 Å². The fraction of sp³-hybridized carbons (Fsp3) is 0.400. The second kappa shape index (κ2) is 5.95. The summed E-state index contributed by atoms with van der Waals surface area (Å²) >= 11 is 0. The van der Waals surface area contributed by atoms with Gasteiger partial charge in [-0.2, -0.15) is 0 Å². The van der Waals surface area contributed by atoms with Crippen LogP contribution in [0.1, 0.15) is 5.56 Å². The molecule has 0 atom stereocenters. The van der Waals surface area contributed by atoms with Gasteiger partial charge in [0.1, 0.15) is 17.3 Å². The van der Waals surface area contributed by atoms with Gasteiger partial charge < -0.3 is 9.47 Å². The molecule has 1 rings (SSSR count). The summed E-state index contributed by atoms with van der Waals surface area (Å²) in [5, 5.41) is 15.8. The molecular formula is C10H14N2O6S. The normalized spacial score (nSPS) is 11.3. The van der Waals surface area contributed by atoms with Crippen molar-refractivity contribution in [2.75, 3.05) is 20.3 Å². The number of nitrogens with two attached hydrogens (primary N) is 1. The Labute approximate surface area is 110 Å². The van der Waals surface area contributed by atoms with E-state index in [4.69, 9.17) is 14.6 Å². The fourth-order valence-corrected chi connectivity index (χ4v) is 2.22. The molecule has 9 heteroatoms. The molecule has 0 unspecified atom stereocenters. The molecule has 0 saturated carbocycles. The lowest BCUT2D eigenvalue weighted by atomic mass is 10.2. The number of hydrogen-bond donors (Lipinski definition) is 1. The molecule has 0 aromatic heterocycles. The van der Waals surface area contributed by atoms with Gasteiger partial charge in [-0.15, -0.1) is 0 Å². The van der Waals surface area contributed by atoms with Crippen LogP contribution in [0.15, 0.2) is 17.0 Å². The fourth-order valence-electron chi connectivity index (χ4n) is 1.45. The highest BCUT2D eigenvalue weighted by atomic mass is 32.2. The molecule has 0 aliphatic carbocycles. The topological polar surface area (TPSA) is 122 Å². The van der Waals surface area contributed by atoms with E-state index in [0.29, 0.717) is 5.56 Å². The standard InChI is InChI=1S/C10H14N2O6S/c1-7-5-8(12(13)14)6-9(19(11,15)16)10(7)18-4-3-17-2/h5-6H,3-4H2,1-2H3,(H2,11,15,16). The van der Waals surface area contributed by atoms with Gasteiger partial charge in [-0.25, -0.2) is 13.6 Å². The van der Waals surface area contributed by atoms with Crippen LogP contribution < -0.4 is 9.88 Å². The van der Waals surface area contributed by atoms with Gasteiger partial charge in [-0.1, -0.05) is 0 Å². The Morgan fingerprint density at radius 1 is 1.37 bits per heavy atom. The lowest BCUT2D eigenvalue weighted by Gasteiger charge is -2.12. The zero-order valence-corrected chi connectivity index (χ0v) is 11.3. The Morgan fingerprint density at radius 3 is 2.47 bits per heavy atom. The van der Waals surface area contributed by atoms with Gasteiger partial charge in [0, 0.05) is 19.2 Å². The van der Waals surface area contributed by atoms with Crippen molar-refractivity contribution < 1.29 is 22.8 Å². The first-order valence-electron chi connectivity index (χ1n) is 5.21. The zero-order chi connectivity index (χ0) is 14.6. The maximum absolute atomic E-state index is 11.5. The third-order valence-electron chi connectivity index (χ3n) is 2.28. The van der Waals surface area contributed by atoms with Crippen molar-refractivity contribution in [3.05, 3.63) is 27.8 Å². The van der Waals surface area contributed by atoms with E-state index in [-0.39, 0.29) is 24.7 Å². The quantitative estimate of drug-likeness (QED) is 0.464. The van der Waals surface area contributed by atoms with Crippen molar-refractivity contribution in [1.82, 2.24) is 0 Å². The molecule has 19 heavy (non-hydrogen) atoms. The van der Waals surface area contributed by atoms with Crippen molar-refractivity contribution in [1.29, 1.82) is 0 Å². The SMILES string of the molecule is COCCOc1c(C)cc([N+](=O)[O-])cc1S(N)(=O)=O. The zero-order valence-electron chi connectivity index (χ0n) is 10.5. The number of non-ortho nitro benzene ring substituents is 1. The number of nitro groups is 1. The van der Waals surface area contributed by atoms with E-state index in [1.807, 2.05) is 0 Å². The number of rotatable bonds is 6. The van der Waals surface area contributed by atoms with Gasteiger partial charge in [0.05, 0.1) is 11.5 Å². The van der Waals surface area contributed by atoms with E-state index in [2.05, 4.69) is 0 Å². The number of benzene rings is 1. The van der Waals surface area contributed by atoms with Crippen LogP contribution in [-0.2, 0) is 14.8 Å². The molecule has 8 nitrogen and oxygen atoms in total. The molecular weight excluding hydrogens is 276 g/mol. The van der Waals surface area contributed by atoms with Crippen molar-refractivity contribution in [3.63, 3.8) is 0 Å². The van der Waals surface area contributed by atoms with Crippen molar-refractivity contribution >= 4 is 15.7 Å². The van der Waals surface area contributed by atoms with E-state index in [9.17, 15) is 18.5 Å².